The Morgan fingerprint density at radius 2 is 2.07 bits per heavy atom. The second kappa shape index (κ2) is 9.50. The summed E-state index contributed by atoms with van der Waals surface area (Å²) in [5, 5.41) is 0. The number of nitrogens with zero attached hydrogens (tertiary/aromatic N) is 3. The van der Waals surface area contributed by atoms with Gasteiger partial charge in [-0.05, 0) is 50.2 Å². The number of amides is 2. The second-order valence-electron chi connectivity index (χ2n) is 8.22. The van der Waals surface area contributed by atoms with E-state index in [1.54, 1.807) is 6.20 Å². The largest absolute Gasteiger partial charge is 0.369 e. The van der Waals surface area contributed by atoms with Crippen molar-refractivity contribution >= 4 is 11.8 Å². The molecule has 2 saturated heterocycles. The van der Waals surface area contributed by atoms with Crippen LogP contribution in [0.1, 0.15) is 51.6 Å². The number of hydrogen-bond acceptors (Lipinski definition) is 4. The molecule has 0 bridgehead atoms. The van der Waals surface area contributed by atoms with E-state index in [0.29, 0.717) is 13.0 Å². The van der Waals surface area contributed by atoms with Crippen molar-refractivity contribution in [2.24, 2.45) is 5.41 Å². The van der Waals surface area contributed by atoms with Crippen molar-refractivity contribution in [1.29, 1.82) is 0 Å². The summed E-state index contributed by atoms with van der Waals surface area (Å²) in [6.07, 6.45) is 6.63. The smallest absolute Gasteiger partial charge is 0.251 e. The summed E-state index contributed by atoms with van der Waals surface area (Å²) in [7, 11) is 0. The fourth-order valence-electron chi connectivity index (χ4n) is 4.33. The van der Waals surface area contributed by atoms with Crippen molar-refractivity contribution in [3.63, 3.8) is 0 Å². The standard InChI is InChI=1S/C22H33N3O3/c1-3-16-28-18(2)21(27)24-14-10-22(11-15-24)9-7-20(26)25(17-22)13-8-19-6-4-5-12-23-19/h4-6,12,18H,3,7-11,13-17H2,1-2H3. The summed E-state index contributed by atoms with van der Waals surface area (Å²) in [5.74, 6) is 0.351. The van der Waals surface area contributed by atoms with E-state index in [-0.39, 0.29) is 23.3 Å². The van der Waals surface area contributed by atoms with Gasteiger partial charge in [-0.1, -0.05) is 13.0 Å². The van der Waals surface area contributed by atoms with Gasteiger partial charge in [0, 0.05) is 57.5 Å². The second-order valence-corrected chi connectivity index (χ2v) is 8.22. The number of hydrogen-bond donors (Lipinski definition) is 0. The van der Waals surface area contributed by atoms with Crippen LogP contribution in [-0.2, 0) is 20.7 Å². The average Bonchev–Trinajstić information content (AvgIpc) is 2.73. The highest BCUT2D eigenvalue weighted by atomic mass is 16.5. The summed E-state index contributed by atoms with van der Waals surface area (Å²) in [5.41, 5.74) is 1.18. The van der Waals surface area contributed by atoms with Gasteiger partial charge >= 0.3 is 0 Å². The molecule has 6 heteroatoms. The SMILES string of the molecule is CCCOC(C)C(=O)N1CCC2(CCC(=O)N(CCc3ccccn3)C2)CC1. The van der Waals surface area contributed by atoms with Crippen LogP contribution < -0.4 is 0 Å². The number of pyridine rings is 1. The Morgan fingerprint density at radius 3 is 2.75 bits per heavy atom. The van der Waals surface area contributed by atoms with E-state index in [9.17, 15) is 9.59 Å². The van der Waals surface area contributed by atoms with Crippen LogP contribution in [0, 0.1) is 5.41 Å². The first-order valence-electron chi connectivity index (χ1n) is 10.6. The fraction of sp³-hybridized carbons (Fsp3) is 0.682. The maximum atomic E-state index is 12.6. The summed E-state index contributed by atoms with van der Waals surface area (Å²) in [6, 6.07) is 5.91. The molecule has 2 aliphatic rings. The van der Waals surface area contributed by atoms with Crippen LogP contribution in [-0.4, -0.2) is 65.5 Å². The molecule has 2 fully saturated rings. The van der Waals surface area contributed by atoms with E-state index in [0.717, 1.165) is 64.0 Å². The number of aromatic nitrogens is 1. The van der Waals surface area contributed by atoms with Crippen LogP contribution in [0.4, 0.5) is 0 Å². The van der Waals surface area contributed by atoms with Crippen LogP contribution in [0.3, 0.4) is 0 Å². The monoisotopic (exact) mass is 387 g/mol. The molecule has 0 saturated carbocycles. The molecule has 2 amide bonds. The molecule has 3 heterocycles. The molecule has 2 aliphatic heterocycles. The van der Waals surface area contributed by atoms with E-state index < -0.39 is 0 Å². The maximum Gasteiger partial charge on any atom is 0.251 e. The van der Waals surface area contributed by atoms with E-state index in [4.69, 9.17) is 4.74 Å². The first kappa shape index (κ1) is 20.8. The average molecular weight is 388 g/mol. The van der Waals surface area contributed by atoms with Gasteiger partial charge in [0.1, 0.15) is 6.10 Å². The summed E-state index contributed by atoms with van der Waals surface area (Å²) in [6.45, 7) is 7.58. The van der Waals surface area contributed by atoms with E-state index in [2.05, 4.69) is 4.98 Å². The lowest BCUT2D eigenvalue weighted by molar-refractivity contribution is -0.148. The van der Waals surface area contributed by atoms with E-state index in [1.807, 2.05) is 41.8 Å². The van der Waals surface area contributed by atoms with Crippen molar-refractivity contribution in [3.8, 4) is 0 Å². The lowest BCUT2D eigenvalue weighted by Crippen LogP contribution is -2.53. The molecule has 6 nitrogen and oxygen atoms in total. The predicted molar refractivity (Wildman–Crippen MR) is 108 cm³/mol. The Morgan fingerprint density at radius 1 is 1.29 bits per heavy atom. The molecule has 0 N–H and O–H groups in total. The molecule has 28 heavy (non-hydrogen) atoms. The quantitative estimate of drug-likeness (QED) is 0.722. The molecule has 0 radical (unpaired) electrons. The molecule has 1 aromatic heterocycles. The molecule has 1 spiro atoms. The molecule has 0 aliphatic carbocycles. The summed E-state index contributed by atoms with van der Waals surface area (Å²) in [4.78, 5) is 33.3. The topological polar surface area (TPSA) is 62.7 Å². The Balaban J connectivity index is 1.52. The van der Waals surface area contributed by atoms with Gasteiger partial charge in [-0.25, -0.2) is 0 Å². The van der Waals surface area contributed by atoms with Gasteiger partial charge in [0.05, 0.1) is 0 Å². The zero-order chi connectivity index (χ0) is 20.0. The molecule has 1 atom stereocenters. The Labute approximate surface area is 168 Å². The number of carbonyl (C=O) groups excluding carboxylic acids is 2. The Kier molecular flexibility index (Phi) is 7.05. The lowest BCUT2D eigenvalue weighted by Gasteiger charge is -2.47. The molecular formula is C22H33N3O3. The number of carbonyl (C=O) groups is 2. The summed E-state index contributed by atoms with van der Waals surface area (Å²) >= 11 is 0. The number of likely N-dealkylation sites (tertiary alicyclic amines) is 2. The predicted octanol–water partition coefficient (Wildman–Crippen LogP) is 2.67. The fourth-order valence-corrected chi connectivity index (χ4v) is 4.33. The van der Waals surface area contributed by atoms with Crippen molar-refractivity contribution in [2.45, 2.75) is 58.5 Å². The molecular weight excluding hydrogens is 354 g/mol. The van der Waals surface area contributed by atoms with Crippen LogP contribution in [0.15, 0.2) is 24.4 Å². The number of ether oxygens (including phenoxy) is 1. The third-order valence-corrected chi connectivity index (χ3v) is 6.17. The van der Waals surface area contributed by atoms with Crippen molar-refractivity contribution in [1.82, 2.24) is 14.8 Å². The molecule has 1 aromatic rings. The lowest BCUT2D eigenvalue weighted by atomic mass is 9.72. The minimum absolute atomic E-state index is 0.0993. The number of piperidine rings is 2. The highest BCUT2D eigenvalue weighted by Crippen LogP contribution is 2.40. The van der Waals surface area contributed by atoms with Gasteiger partial charge in [-0.3, -0.25) is 14.6 Å². The van der Waals surface area contributed by atoms with Crippen LogP contribution in [0.5, 0.6) is 0 Å². The van der Waals surface area contributed by atoms with Crippen LogP contribution in [0.2, 0.25) is 0 Å². The highest BCUT2D eigenvalue weighted by molar-refractivity contribution is 5.80. The van der Waals surface area contributed by atoms with Crippen molar-refractivity contribution in [3.05, 3.63) is 30.1 Å². The minimum atomic E-state index is -0.364. The summed E-state index contributed by atoms with van der Waals surface area (Å²) < 4.78 is 5.60. The zero-order valence-electron chi connectivity index (χ0n) is 17.2. The first-order valence-corrected chi connectivity index (χ1v) is 10.6. The molecule has 0 aromatic carbocycles. The number of rotatable bonds is 7. The third kappa shape index (κ3) is 5.10. The Hall–Kier alpha value is -1.95. The molecule has 1 unspecified atom stereocenters. The minimum Gasteiger partial charge on any atom is -0.369 e. The van der Waals surface area contributed by atoms with Gasteiger partial charge < -0.3 is 14.5 Å². The van der Waals surface area contributed by atoms with Crippen molar-refractivity contribution in [2.75, 3.05) is 32.8 Å². The first-order chi connectivity index (χ1) is 13.5. The zero-order valence-corrected chi connectivity index (χ0v) is 17.2. The van der Waals surface area contributed by atoms with Crippen molar-refractivity contribution < 1.29 is 14.3 Å². The van der Waals surface area contributed by atoms with Gasteiger partial charge in [0.15, 0.2) is 0 Å². The van der Waals surface area contributed by atoms with Crippen LogP contribution in [0.25, 0.3) is 0 Å². The van der Waals surface area contributed by atoms with Gasteiger partial charge in [0.2, 0.25) is 5.91 Å². The maximum absolute atomic E-state index is 12.6. The van der Waals surface area contributed by atoms with E-state index >= 15 is 0 Å². The van der Waals surface area contributed by atoms with Crippen LogP contribution >= 0.6 is 0 Å². The van der Waals surface area contributed by atoms with E-state index in [1.165, 1.54) is 0 Å². The highest BCUT2D eigenvalue weighted by Gasteiger charge is 2.42. The van der Waals surface area contributed by atoms with Gasteiger partial charge in [-0.2, -0.15) is 0 Å². The third-order valence-electron chi connectivity index (χ3n) is 6.17. The molecule has 154 valence electrons. The molecule has 3 rings (SSSR count). The Bertz CT molecular complexity index is 656. The van der Waals surface area contributed by atoms with Gasteiger partial charge in [0.25, 0.3) is 5.91 Å². The van der Waals surface area contributed by atoms with Gasteiger partial charge in [-0.15, -0.1) is 0 Å². The normalized spacial score (nSPS) is 20.4.